The summed E-state index contributed by atoms with van der Waals surface area (Å²) in [6.07, 6.45) is 7.65. The van der Waals surface area contributed by atoms with Crippen molar-refractivity contribution >= 4 is 17.6 Å². The molecule has 0 radical (unpaired) electrons. The number of hydrogen-bond acceptors (Lipinski definition) is 5. The number of anilines is 1. The van der Waals surface area contributed by atoms with Crippen LogP contribution in [-0.4, -0.2) is 40.2 Å². The minimum absolute atomic E-state index is 0.0237. The molecule has 2 heterocycles. The van der Waals surface area contributed by atoms with Crippen molar-refractivity contribution in [2.45, 2.75) is 38.0 Å². The monoisotopic (exact) mass is 310 g/mol. The summed E-state index contributed by atoms with van der Waals surface area (Å²) in [6, 6.07) is 0. The van der Waals surface area contributed by atoms with Crippen molar-refractivity contribution in [3.8, 4) is 0 Å². The highest BCUT2D eigenvalue weighted by Crippen LogP contribution is 2.34. The lowest BCUT2D eigenvalue weighted by Crippen LogP contribution is -2.48. The van der Waals surface area contributed by atoms with Gasteiger partial charge in [-0.25, -0.2) is 4.98 Å². The number of rotatable bonds is 5. The van der Waals surface area contributed by atoms with Crippen LogP contribution in [0.3, 0.4) is 0 Å². The quantitative estimate of drug-likeness (QED) is 0.894. The molecular formula is C15H26N4OS. The predicted octanol–water partition coefficient (Wildman–Crippen LogP) is 1.56. The lowest BCUT2D eigenvalue weighted by molar-refractivity contribution is 0.451. The average molecular weight is 310 g/mol. The maximum absolute atomic E-state index is 12.5. The van der Waals surface area contributed by atoms with E-state index in [-0.39, 0.29) is 10.3 Å². The largest absolute Gasteiger partial charge is 0.352 e. The van der Waals surface area contributed by atoms with Gasteiger partial charge in [-0.05, 0) is 25.0 Å². The summed E-state index contributed by atoms with van der Waals surface area (Å²) in [4.78, 5) is 19.0. The molecule has 21 heavy (non-hydrogen) atoms. The Hall–Kier alpha value is -1.01. The molecule has 0 unspecified atom stereocenters. The van der Waals surface area contributed by atoms with Gasteiger partial charge in [-0.15, -0.1) is 0 Å². The van der Waals surface area contributed by atoms with E-state index < -0.39 is 0 Å². The zero-order chi connectivity index (χ0) is 15.5. The van der Waals surface area contributed by atoms with E-state index in [2.05, 4.69) is 30.0 Å². The van der Waals surface area contributed by atoms with Crippen LogP contribution in [0.1, 0.15) is 26.7 Å². The van der Waals surface area contributed by atoms with E-state index in [0.29, 0.717) is 18.3 Å². The second kappa shape index (κ2) is 6.83. The molecular weight excluding hydrogens is 284 g/mol. The average Bonchev–Trinajstić information content (AvgIpc) is 2.49. The molecule has 5 nitrogen and oxygen atoms in total. The van der Waals surface area contributed by atoms with Gasteiger partial charge in [0.25, 0.3) is 5.56 Å². The zero-order valence-corrected chi connectivity index (χ0v) is 14.0. The summed E-state index contributed by atoms with van der Waals surface area (Å²) in [7, 11) is 0. The maximum atomic E-state index is 12.5. The van der Waals surface area contributed by atoms with Gasteiger partial charge in [-0.2, -0.15) is 11.8 Å². The fourth-order valence-electron chi connectivity index (χ4n) is 2.81. The maximum Gasteiger partial charge on any atom is 0.293 e. The van der Waals surface area contributed by atoms with Crippen molar-refractivity contribution in [3.63, 3.8) is 0 Å². The van der Waals surface area contributed by atoms with Gasteiger partial charge in [-0.3, -0.25) is 4.79 Å². The molecule has 1 aliphatic heterocycles. The molecule has 2 N–H and O–H groups in total. The molecule has 2 rings (SSSR count). The van der Waals surface area contributed by atoms with Crippen molar-refractivity contribution in [3.05, 3.63) is 22.7 Å². The van der Waals surface area contributed by atoms with E-state index in [1.54, 1.807) is 17.0 Å². The van der Waals surface area contributed by atoms with Gasteiger partial charge >= 0.3 is 0 Å². The smallest absolute Gasteiger partial charge is 0.293 e. The third kappa shape index (κ3) is 3.61. The predicted molar refractivity (Wildman–Crippen MR) is 90.1 cm³/mol. The van der Waals surface area contributed by atoms with Gasteiger partial charge in [0.05, 0.1) is 0 Å². The molecule has 1 aromatic rings. The van der Waals surface area contributed by atoms with Gasteiger partial charge in [-0.1, -0.05) is 13.8 Å². The van der Waals surface area contributed by atoms with Crippen molar-refractivity contribution in [2.24, 2.45) is 11.7 Å². The molecule has 0 amide bonds. The molecule has 0 aromatic carbocycles. The highest BCUT2D eigenvalue weighted by atomic mass is 32.2. The van der Waals surface area contributed by atoms with Crippen LogP contribution >= 0.6 is 11.8 Å². The van der Waals surface area contributed by atoms with E-state index in [0.717, 1.165) is 32.5 Å². The fourth-order valence-corrected chi connectivity index (χ4v) is 3.56. The normalized spacial score (nSPS) is 18.2. The van der Waals surface area contributed by atoms with Gasteiger partial charge in [0.15, 0.2) is 5.82 Å². The van der Waals surface area contributed by atoms with Crippen LogP contribution in [0.4, 0.5) is 5.82 Å². The SMILES string of the molecule is CSC1(CN)CCN(c2nccn(CC(C)C)c2=O)CC1. The highest BCUT2D eigenvalue weighted by molar-refractivity contribution is 8.00. The van der Waals surface area contributed by atoms with Gasteiger partial charge in [0.1, 0.15) is 0 Å². The number of hydrogen-bond donors (Lipinski definition) is 1. The molecule has 0 spiro atoms. The molecule has 0 atom stereocenters. The second-order valence-corrected chi connectivity index (χ2v) is 7.45. The third-order valence-electron chi connectivity index (χ3n) is 4.24. The van der Waals surface area contributed by atoms with Crippen LogP contribution in [0.15, 0.2) is 17.2 Å². The lowest BCUT2D eigenvalue weighted by Gasteiger charge is -2.40. The van der Waals surface area contributed by atoms with Crippen molar-refractivity contribution in [1.29, 1.82) is 0 Å². The summed E-state index contributed by atoms with van der Waals surface area (Å²) in [6.45, 7) is 7.36. The van der Waals surface area contributed by atoms with E-state index in [4.69, 9.17) is 5.73 Å². The topological polar surface area (TPSA) is 64.2 Å². The molecule has 0 bridgehead atoms. The molecule has 118 valence electrons. The minimum Gasteiger partial charge on any atom is -0.352 e. The Morgan fingerprint density at radius 1 is 1.43 bits per heavy atom. The van der Waals surface area contributed by atoms with E-state index in [1.165, 1.54) is 0 Å². The second-order valence-electron chi connectivity index (χ2n) is 6.18. The molecule has 0 aliphatic carbocycles. The molecule has 1 aromatic heterocycles. The Bertz CT molecular complexity index is 515. The summed E-state index contributed by atoms with van der Waals surface area (Å²) < 4.78 is 1.94. The van der Waals surface area contributed by atoms with E-state index in [9.17, 15) is 4.79 Å². The molecule has 1 fully saturated rings. The van der Waals surface area contributed by atoms with Crippen LogP contribution in [-0.2, 0) is 6.54 Å². The number of nitrogens with zero attached hydrogens (tertiary/aromatic N) is 3. The summed E-state index contributed by atoms with van der Waals surface area (Å²) in [5.74, 6) is 1.03. The number of aromatic nitrogens is 2. The lowest BCUT2D eigenvalue weighted by atomic mass is 9.96. The molecule has 6 heteroatoms. The van der Waals surface area contributed by atoms with Crippen LogP contribution in [0, 0.1) is 5.92 Å². The third-order valence-corrected chi connectivity index (χ3v) is 5.68. The standard InChI is InChI=1S/C15H26N4OS/c1-12(2)10-19-9-6-17-13(14(19)20)18-7-4-15(11-16,21-3)5-8-18/h6,9,12H,4-5,7-8,10-11,16H2,1-3H3. The highest BCUT2D eigenvalue weighted by Gasteiger charge is 2.33. The minimum atomic E-state index is 0.0237. The summed E-state index contributed by atoms with van der Waals surface area (Å²) >= 11 is 1.85. The van der Waals surface area contributed by atoms with Crippen molar-refractivity contribution in [1.82, 2.24) is 9.55 Å². The van der Waals surface area contributed by atoms with Gasteiger partial charge in [0, 0.05) is 43.3 Å². The number of piperidine rings is 1. The van der Waals surface area contributed by atoms with E-state index in [1.807, 2.05) is 11.8 Å². The Morgan fingerprint density at radius 2 is 2.10 bits per heavy atom. The zero-order valence-electron chi connectivity index (χ0n) is 13.2. The molecule has 1 aliphatic rings. The Balaban J connectivity index is 2.16. The number of nitrogens with two attached hydrogens (primary N) is 1. The van der Waals surface area contributed by atoms with Crippen molar-refractivity contribution < 1.29 is 0 Å². The van der Waals surface area contributed by atoms with E-state index >= 15 is 0 Å². The first-order valence-corrected chi connectivity index (χ1v) is 8.79. The van der Waals surface area contributed by atoms with Crippen LogP contribution in [0.2, 0.25) is 0 Å². The summed E-state index contributed by atoms with van der Waals surface area (Å²) in [5.41, 5.74) is 5.94. The number of thioether (sulfide) groups is 1. The van der Waals surface area contributed by atoms with Crippen LogP contribution in [0.25, 0.3) is 0 Å². The molecule has 1 saturated heterocycles. The van der Waals surface area contributed by atoms with Gasteiger partial charge in [0.2, 0.25) is 0 Å². The van der Waals surface area contributed by atoms with Crippen LogP contribution in [0.5, 0.6) is 0 Å². The molecule has 0 saturated carbocycles. The first kappa shape index (κ1) is 16.4. The van der Waals surface area contributed by atoms with Gasteiger partial charge < -0.3 is 15.2 Å². The van der Waals surface area contributed by atoms with Crippen molar-refractivity contribution in [2.75, 3.05) is 30.8 Å². The fraction of sp³-hybridized carbons (Fsp3) is 0.733. The first-order chi connectivity index (χ1) is 10.0. The Labute approximate surface area is 130 Å². The summed E-state index contributed by atoms with van der Waals surface area (Å²) in [5, 5.41) is 0. The Kier molecular flexibility index (Phi) is 5.32. The van der Waals surface area contributed by atoms with Crippen LogP contribution < -0.4 is 16.2 Å². The Morgan fingerprint density at radius 3 is 2.62 bits per heavy atom. The first-order valence-electron chi connectivity index (χ1n) is 7.57.